The van der Waals surface area contributed by atoms with Gasteiger partial charge in [-0.25, -0.2) is 4.39 Å². The van der Waals surface area contributed by atoms with Crippen LogP contribution in [0.5, 0.6) is 11.6 Å². The fourth-order valence-corrected chi connectivity index (χ4v) is 3.23. The maximum atomic E-state index is 13.4. The Morgan fingerprint density at radius 1 is 1.26 bits per heavy atom. The lowest BCUT2D eigenvalue weighted by Crippen LogP contribution is -2.21. The topological polar surface area (TPSA) is 97.0 Å². The second-order valence-electron chi connectivity index (χ2n) is 6.03. The van der Waals surface area contributed by atoms with Gasteiger partial charge in [-0.05, 0) is 29.8 Å². The maximum absolute atomic E-state index is 13.4. The minimum absolute atomic E-state index is 0.0111. The molecular weight excluding hydrogens is 347 g/mol. The molecule has 0 fully saturated rings. The highest BCUT2D eigenvalue weighted by molar-refractivity contribution is 5.71. The summed E-state index contributed by atoms with van der Waals surface area (Å²) in [4.78, 5) is 0. The van der Waals surface area contributed by atoms with E-state index in [4.69, 9.17) is 15.2 Å². The van der Waals surface area contributed by atoms with E-state index in [2.05, 4.69) is 16.3 Å². The van der Waals surface area contributed by atoms with Crippen LogP contribution in [0.15, 0.2) is 60.0 Å². The average molecular weight is 362 g/mol. The van der Waals surface area contributed by atoms with Gasteiger partial charge in [-0.15, -0.1) is 5.10 Å². The van der Waals surface area contributed by atoms with Crippen LogP contribution in [-0.2, 0) is 0 Å². The normalized spacial score (nSPS) is 15.7. The van der Waals surface area contributed by atoms with Crippen molar-refractivity contribution in [2.75, 3.05) is 7.11 Å². The van der Waals surface area contributed by atoms with Gasteiger partial charge >= 0.3 is 0 Å². The molecule has 4 rings (SSSR count). The second kappa shape index (κ2) is 6.50. The van der Waals surface area contributed by atoms with Crippen LogP contribution in [-0.4, -0.2) is 17.3 Å². The number of aromatic amines is 1. The first-order valence-corrected chi connectivity index (χ1v) is 8.18. The number of methoxy groups -OCH3 is 1. The number of nitrogens with zero attached hydrogens (tertiary/aromatic N) is 2. The van der Waals surface area contributed by atoms with Gasteiger partial charge in [-0.3, -0.25) is 5.10 Å². The van der Waals surface area contributed by atoms with Gasteiger partial charge in [-0.2, -0.15) is 5.26 Å². The molecule has 1 aliphatic rings. The smallest absolute Gasteiger partial charge is 0.244 e. The first kappa shape index (κ1) is 16.7. The van der Waals surface area contributed by atoms with Crippen molar-refractivity contribution in [2.45, 2.75) is 5.92 Å². The Morgan fingerprint density at radius 2 is 2.04 bits per heavy atom. The van der Waals surface area contributed by atoms with Gasteiger partial charge < -0.3 is 15.2 Å². The number of hydrogen-bond donors (Lipinski definition) is 2. The molecule has 0 saturated carbocycles. The van der Waals surface area contributed by atoms with Gasteiger partial charge in [0.1, 0.15) is 23.2 Å². The van der Waals surface area contributed by atoms with Crippen molar-refractivity contribution in [1.82, 2.24) is 10.2 Å². The minimum atomic E-state index is -0.528. The first-order chi connectivity index (χ1) is 13.1. The maximum Gasteiger partial charge on any atom is 0.244 e. The average Bonchev–Trinajstić information content (AvgIpc) is 3.11. The summed E-state index contributed by atoms with van der Waals surface area (Å²) >= 11 is 0. The lowest BCUT2D eigenvalue weighted by atomic mass is 9.83. The lowest BCUT2D eigenvalue weighted by Gasteiger charge is -2.24. The molecule has 0 aliphatic carbocycles. The molecule has 2 aromatic carbocycles. The molecule has 0 radical (unpaired) electrons. The summed E-state index contributed by atoms with van der Waals surface area (Å²) < 4.78 is 24.3. The molecule has 3 aromatic rings. The molecule has 27 heavy (non-hydrogen) atoms. The van der Waals surface area contributed by atoms with Gasteiger partial charge in [0.2, 0.25) is 11.8 Å². The molecule has 7 heteroatoms. The predicted molar refractivity (Wildman–Crippen MR) is 96.3 cm³/mol. The molecule has 0 unspecified atom stereocenters. The predicted octanol–water partition coefficient (Wildman–Crippen LogP) is 3.44. The summed E-state index contributed by atoms with van der Waals surface area (Å²) in [6.45, 7) is 0. The number of allylic oxidation sites excluding steroid dienone is 1. The highest BCUT2D eigenvalue weighted by atomic mass is 19.1. The number of nitriles is 1. The van der Waals surface area contributed by atoms with Crippen LogP contribution in [0.2, 0.25) is 0 Å². The number of hydrogen-bond acceptors (Lipinski definition) is 5. The zero-order chi connectivity index (χ0) is 19.0. The largest absolute Gasteiger partial charge is 0.497 e. The van der Waals surface area contributed by atoms with Gasteiger partial charge in [0.15, 0.2) is 0 Å². The molecule has 1 aromatic heterocycles. The van der Waals surface area contributed by atoms with E-state index >= 15 is 0 Å². The number of nitrogens with one attached hydrogen (secondary N) is 1. The fraction of sp³-hybridized carbons (Fsp3) is 0.100. The number of fused-ring (bicyclic) bond motifs is 1. The molecule has 1 atom stereocenters. The van der Waals surface area contributed by atoms with Crippen molar-refractivity contribution in [3.05, 3.63) is 76.9 Å². The molecular formula is C20H15FN4O2. The SMILES string of the molecule is COc1cccc(-c2[nH]nc3c2[C@H](c2ccc(F)cc2)C(C#N)=C(N)O3)c1. The van der Waals surface area contributed by atoms with Crippen molar-refractivity contribution in [1.29, 1.82) is 5.26 Å². The van der Waals surface area contributed by atoms with E-state index in [0.717, 1.165) is 5.56 Å². The fourth-order valence-electron chi connectivity index (χ4n) is 3.23. The number of rotatable bonds is 3. The van der Waals surface area contributed by atoms with E-state index in [1.807, 2.05) is 24.3 Å². The summed E-state index contributed by atoms with van der Waals surface area (Å²) in [6, 6.07) is 15.5. The zero-order valence-corrected chi connectivity index (χ0v) is 14.4. The van der Waals surface area contributed by atoms with Gasteiger partial charge in [-0.1, -0.05) is 24.3 Å². The molecule has 0 amide bonds. The summed E-state index contributed by atoms with van der Waals surface area (Å²) in [7, 11) is 1.59. The van der Waals surface area contributed by atoms with E-state index in [0.29, 0.717) is 28.5 Å². The Hall–Kier alpha value is -3.79. The van der Waals surface area contributed by atoms with E-state index in [9.17, 15) is 9.65 Å². The van der Waals surface area contributed by atoms with Crippen molar-refractivity contribution in [3.8, 4) is 29.0 Å². The molecule has 0 saturated heterocycles. The van der Waals surface area contributed by atoms with Crippen molar-refractivity contribution in [2.24, 2.45) is 5.73 Å². The Labute approximate surface area is 154 Å². The van der Waals surface area contributed by atoms with Crippen LogP contribution in [0.1, 0.15) is 17.0 Å². The van der Waals surface area contributed by atoms with Crippen molar-refractivity contribution >= 4 is 0 Å². The Bertz CT molecular complexity index is 1080. The number of halogens is 1. The standard InChI is InChI=1S/C20H15FN4O2/c1-26-14-4-2-3-12(9-14)18-17-16(11-5-7-13(21)8-6-11)15(10-22)19(23)27-20(17)25-24-18/h2-9,16H,23H2,1H3,(H,24,25)/t16-/m1/s1. The van der Waals surface area contributed by atoms with E-state index in [1.165, 1.54) is 12.1 Å². The number of aromatic nitrogens is 2. The molecule has 6 nitrogen and oxygen atoms in total. The van der Waals surface area contributed by atoms with Gasteiger partial charge in [0.05, 0.1) is 24.3 Å². The van der Waals surface area contributed by atoms with E-state index < -0.39 is 5.92 Å². The molecule has 0 spiro atoms. The number of H-pyrrole nitrogens is 1. The highest BCUT2D eigenvalue weighted by Gasteiger charge is 2.35. The van der Waals surface area contributed by atoms with Crippen LogP contribution in [0.4, 0.5) is 4.39 Å². The van der Waals surface area contributed by atoms with Gasteiger partial charge in [0.25, 0.3) is 0 Å². The van der Waals surface area contributed by atoms with Gasteiger partial charge in [0, 0.05) is 5.56 Å². The second-order valence-corrected chi connectivity index (χ2v) is 6.03. The highest BCUT2D eigenvalue weighted by Crippen LogP contribution is 2.45. The Kier molecular flexibility index (Phi) is 4.01. The Morgan fingerprint density at radius 3 is 2.74 bits per heavy atom. The minimum Gasteiger partial charge on any atom is -0.497 e. The summed E-state index contributed by atoms with van der Waals surface area (Å²) in [6.07, 6.45) is 0. The monoisotopic (exact) mass is 362 g/mol. The number of ether oxygens (including phenoxy) is 2. The third-order valence-corrected chi connectivity index (χ3v) is 4.50. The Balaban J connectivity index is 1.93. The van der Waals surface area contributed by atoms with Crippen molar-refractivity contribution < 1.29 is 13.9 Å². The van der Waals surface area contributed by atoms with Crippen molar-refractivity contribution in [3.63, 3.8) is 0 Å². The lowest BCUT2D eigenvalue weighted by molar-refractivity contribution is 0.379. The van der Waals surface area contributed by atoms with E-state index in [-0.39, 0.29) is 17.3 Å². The van der Waals surface area contributed by atoms with Crippen LogP contribution >= 0.6 is 0 Å². The van der Waals surface area contributed by atoms with E-state index in [1.54, 1.807) is 19.2 Å². The molecule has 134 valence electrons. The molecule has 3 N–H and O–H groups in total. The van der Waals surface area contributed by atoms with Crippen LogP contribution in [0.3, 0.4) is 0 Å². The number of benzene rings is 2. The van der Waals surface area contributed by atoms with Crippen LogP contribution in [0.25, 0.3) is 11.3 Å². The third-order valence-electron chi connectivity index (χ3n) is 4.50. The number of nitrogens with two attached hydrogens (primary N) is 1. The molecule has 1 aliphatic heterocycles. The summed E-state index contributed by atoms with van der Waals surface area (Å²) in [5.74, 6) is 0.0733. The third kappa shape index (κ3) is 2.77. The van der Waals surface area contributed by atoms with Crippen LogP contribution in [0, 0.1) is 17.1 Å². The zero-order valence-electron chi connectivity index (χ0n) is 14.4. The first-order valence-electron chi connectivity index (χ1n) is 8.18. The quantitative estimate of drug-likeness (QED) is 0.744. The molecule has 2 heterocycles. The molecule has 0 bridgehead atoms. The summed E-state index contributed by atoms with van der Waals surface area (Å²) in [5.41, 5.74) is 9.07. The summed E-state index contributed by atoms with van der Waals surface area (Å²) in [5, 5.41) is 16.8. The van der Waals surface area contributed by atoms with Crippen LogP contribution < -0.4 is 15.2 Å².